The van der Waals surface area contributed by atoms with Crippen LogP contribution in [0.25, 0.3) is 4.91 Å². The van der Waals surface area contributed by atoms with Gasteiger partial charge >= 0.3 is 6.01 Å². The van der Waals surface area contributed by atoms with E-state index in [-0.39, 0.29) is 0 Å². The number of anilines is 3. The van der Waals surface area contributed by atoms with Gasteiger partial charge in [-0.15, -0.1) is 24.1 Å². The molecule has 10 heteroatoms. The van der Waals surface area contributed by atoms with Crippen molar-refractivity contribution in [3.8, 4) is 18.4 Å². The average molecular weight is 498 g/mol. The van der Waals surface area contributed by atoms with Gasteiger partial charge < -0.3 is 14.5 Å². The molecule has 2 aliphatic rings. The van der Waals surface area contributed by atoms with Crippen molar-refractivity contribution in [3.05, 3.63) is 41.1 Å². The fourth-order valence-electron chi connectivity index (χ4n) is 3.27. The van der Waals surface area contributed by atoms with Gasteiger partial charge in [0, 0.05) is 37.3 Å². The summed E-state index contributed by atoms with van der Waals surface area (Å²) in [7, 11) is 2.13. The van der Waals surface area contributed by atoms with Crippen LogP contribution in [0.2, 0.25) is 0 Å². The van der Waals surface area contributed by atoms with Crippen molar-refractivity contribution in [2.24, 2.45) is 0 Å². The maximum absolute atomic E-state index is 5.97. The maximum Gasteiger partial charge on any atom is 0.328 e. The van der Waals surface area contributed by atoms with Crippen LogP contribution >= 0.6 is 23.1 Å². The summed E-state index contributed by atoms with van der Waals surface area (Å²) >= 11 is 3.28. The van der Waals surface area contributed by atoms with Crippen molar-refractivity contribution in [2.45, 2.75) is 26.7 Å². The predicted molar refractivity (Wildman–Crippen MR) is 144 cm³/mol. The minimum absolute atomic E-state index is 0.291. The number of nitrogens with zero attached hydrogens (tertiary/aromatic N) is 6. The number of allylic oxidation sites excluding steroid dienone is 4. The number of nitrogens with one attached hydrogen (secondary N) is 1. The molecule has 2 aromatic heterocycles. The van der Waals surface area contributed by atoms with E-state index in [1.165, 1.54) is 4.91 Å². The molecule has 1 aliphatic heterocycles. The van der Waals surface area contributed by atoms with E-state index in [0.29, 0.717) is 17.9 Å². The third-order valence-electron chi connectivity index (χ3n) is 5.01. The van der Waals surface area contributed by atoms with Crippen molar-refractivity contribution in [2.75, 3.05) is 49.7 Å². The SMILES string of the molecule is C#CC.C/C=C(\SC)c1cnc(Nc2nc(OC3=CCCC=C3)nc(N3CCN(C)CC3)n2)s1. The zero-order valence-electron chi connectivity index (χ0n) is 20.1. The van der Waals surface area contributed by atoms with Gasteiger partial charge in [-0.2, -0.15) is 15.0 Å². The van der Waals surface area contributed by atoms with Crippen LogP contribution < -0.4 is 15.0 Å². The third kappa shape index (κ3) is 7.32. The van der Waals surface area contributed by atoms with Gasteiger partial charge in [0.2, 0.25) is 11.9 Å². The molecule has 0 unspecified atom stereocenters. The second-order valence-corrected chi connectivity index (χ2v) is 9.40. The summed E-state index contributed by atoms with van der Waals surface area (Å²) < 4.78 is 5.97. The average Bonchev–Trinajstić information content (AvgIpc) is 3.29. The number of ether oxygens (including phenoxy) is 1. The Labute approximate surface area is 210 Å². The molecule has 1 N–H and O–H groups in total. The summed E-state index contributed by atoms with van der Waals surface area (Å²) in [6.45, 7) is 7.35. The van der Waals surface area contributed by atoms with Crippen LogP contribution in [0, 0.1) is 12.3 Å². The lowest BCUT2D eigenvalue weighted by Crippen LogP contribution is -2.45. The molecule has 0 atom stereocenters. The molecule has 3 heterocycles. The predicted octanol–water partition coefficient (Wildman–Crippen LogP) is 4.80. The topological polar surface area (TPSA) is 79.3 Å². The number of hydrogen-bond donors (Lipinski definition) is 1. The molecule has 4 rings (SSSR count). The summed E-state index contributed by atoms with van der Waals surface area (Å²) in [5.74, 6) is 4.07. The second kappa shape index (κ2) is 13.1. The molecular formula is C24H31N7OS2. The molecule has 0 bridgehead atoms. The number of likely N-dealkylation sites (N-methyl/N-ethyl adjacent to an activating group) is 1. The Morgan fingerprint density at radius 2 is 2.00 bits per heavy atom. The molecular weight excluding hydrogens is 466 g/mol. The minimum Gasteiger partial charge on any atom is -0.424 e. The number of thiazole rings is 1. The zero-order valence-corrected chi connectivity index (χ0v) is 21.7. The lowest BCUT2D eigenvalue weighted by atomic mass is 10.2. The lowest BCUT2D eigenvalue weighted by Gasteiger charge is -2.32. The van der Waals surface area contributed by atoms with Gasteiger partial charge in [0.05, 0.1) is 4.88 Å². The van der Waals surface area contributed by atoms with Gasteiger partial charge in [0.1, 0.15) is 5.76 Å². The zero-order chi connectivity index (χ0) is 24.3. The Balaban J connectivity index is 0.00000103. The second-order valence-electron chi connectivity index (χ2n) is 7.52. The molecule has 1 fully saturated rings. The molecule has 1 aliphatic carbocycles. The van der Waals surface area contributed by atoms with Crippen LogP contribution in [0.15, 0.2) is 36.3 Å². The van der Waals surface area contributed by atoms with Gasteiger partial charge in [-0.1, -0.05) is 23.5 Å². The van der Waals surface area contributed by atoms with E-state index in [4.69, 9.17) is 4.74 Å². The highest BCUT2D eigenvalue weighted by molar-refractivity contribution is 8.07. The maximum atomic E-state index is 5.97. The van der Waals surface area contributed by atoms with Crippen molar-refractivity contribution >= 4 is 45.0 Å². The van der Waals surface area contributed by atoms with E-state index in [0.717, 1.165) is 54.8 Å². The van der Waals surface area contributed by atoms with Gasteiger partial charge in [-0.3, -0.25) is 5.32 Å². The van der Waals surface area contributed by atoms with E-state index in [1.807, 2.05) is 19.2 Å². The van der Waals surface area contributed by atoms with E-state index >= 15 is 0 Å². The van der Waals surface area contributed by atoms with E-state index in [2.05, 4.69) is 78.9 Å². The quantitative estimate of drug-likeness (QED) is 0.543. The number of terminal acetylenes is 1. The molecule has 0 amide bonds. The van der Waals surface area contributed by atoms with E-state index in [1.54, 1.807) is 30.0 Å². The summed E-state index contributed by atoms with van der Waals surface area (Å²) in [4.78, 5) is 25.0. The fraction of sp³-hybridized carbons (Fsp3) is 0.417. The van der Waals surface area contributed by atoms with E-state index < -0.39 is 0 Å². The first-order chi connectivity index (χ1) is 16.6. The van der Waals surface area contributed by atoms with Crippen LogP contribution in [0.5, 0.6) is 6.01 Å². The smallest absolute Gasteiger partial charge is 0.328 e. The van der Waals surface area contributed by atoms with Crippen LogP contribution in [0.3, 0.4) is 0 Å². The molecule has 8 nitrogen and oxygen atoms in total. The van der Waals surface area contributed by atoms with Crippen molar-refractivity contribution < 1.29 is 4.74 Å². The molecule has 0 spiro atoms. The number of rotatable bonds is 7. The summed E-state index contributed by atoms with van der Waals surface area (Å²) in [5.41, 5.74) is 0. The van der Waals surface area contributed by atoms with Crippen LogP contribution in [-0.2, 0) is 0 Å². The Morgan fingerprint density at radius 1 is 1.24 bits per heavy atom. The van der Waals surface area contributed by atoms with Crippen molar-refractivity contribution in [1.29, 1.82) is 0 Å². The Kier molecular flexibility index (Phi) is 9.94. The fourth-order valence-corrected chi connectivity index (χ4v) is 4.91. The molecule has 0 aromatic carbocycles. The number of thioether (sulfide) groups is 1. The molecule has 0 radical (unpaired) electrons. The lowest BCUT2D eigenvalue weighted by molar-refractivity contribution is 0.310. The molecule has 180 valence electrons. The first-order valence-corrected chi connectivity index (χ1v) is 13.1. The van der Waals surface area contributed by atoms with Crippen molar-refractivity contribution in [3.63, 3.8) is 0 Å². The minimum atomic E-state index is 0.291. The summed E-state index contributed by atoms with van der Waals surface area (Å²) in [6.07, 6.45) is 18.7. The van der Waals surface area contributed by atoms with Crippen LogP contribution in [-0.4, -0.2) is 64.3 Å². The first-order valence-electron chi connectivity index (χ1n) is 11.1. The van der Waals surface area contributed by atoms with Crippen LogP contribution in [0.4, 0.5) is 17.0 Å². The number of hydrogen-bond acceptors (Lipinski definition) is 10. The Morgan fingerprint density at radius 3 is 2.65 bits per heavy atom. The largest absolute Gasteiger partial charge is 0.424 e. The summed E-state index contributed by atoms with van der Waals surface area (Å²) in [5, 5.41) is 3.99. The summed E-state index contributed by atoms with van der Waals surface area (Å²) in [6, 6.07) is 0.291. The van der Waals surface area contributed by atoms with Gasteiger partial charge in [-0.25, -0.2) is 4.98 Å². The monoisotopic (exact) mass is 497 g/mol. The highest BCUT2D eigenvalue weighted by atomic mass is 32.2. The van der Waals surface area contributed by atoms with Crippen LogP contribution in [0.1, 0.15) is 31.6 Å². The van der Waals surface area contributed by atoms with Gasteiger partial charge in [-0.05, 0) is 52.1 Å². The van der Waals surface area contributed by atoms with Crippen molar-refractivity contribution in [1.82, 2.24) is 24.8 Å². The standard InChI is InChI=1S/C21H27N7OS2.C3H4/c1-4-16(30-3)17-14-22-21(31-17)25-18-23-19(28-12-10-27(2)11-13-28)26-20(24-18)29-15-8-6-5-7-9-15;1-3-2/h4,6,8-9,14H,5,7,10-13H2,1-3H3,(H,22,23,24,25,26);1H,2H3/b16-4-;. The Hall–Kier alpha value is -2.87. The van der Waals surface area contributed by atoms with E-state index in [9.17, 15) is 0 Å². The first kappa shape index (κ1) is 25.7. The normalized spacial score (nSPS) is 16.3. The number of piperazine rings is 1. The molecule has 2 aromatic rings. The molecule has 34 heavy (non-hydrogen) atoms. The third-order valence-corrected chi connectivity index (χ3v) is 6.98. The van der Waals surface area contributed by atoms with Gasteiger partial charge in [0.25, 0.3) is 0 Å². The highest BCUT2D eigenvalue weighted by Crippen LogP contribution is 2.32. The molecule has 0 saturated carbocycles. The van der Waals surface area contributed by atoms with Gasteiger partial charge in [0.15, 0.2) is 5.13 Å². The number of aromatic nitrogens is 4. The highest BCUT2D eigenvalue weighted by Gasteiger charge is 2.20. The molecule has 1 saturated heterocycles. The Bertz CT molecular complexity index is 1080.